The number of carbonyl (C=O) groups excluding carboxylic acids is 1. The number of hydrogen-bond donors (Lipinski definition) is 11. The van der Waals surface area contributed by atoms with Gasteiger partial charge in [0.05, 0.1) is 32.0 Å². The van der Waals surface area contributed by atoms with Gasteiger partial charge < -0.3 is 75.3 Å². The Bertz CT molecular complexity index is 1160. The number of hydrogen-bond acceptors (Lipinski definition) is 15. The van der Waals surface area contributed by atoms with E-state index in [1.54, 1.807) is 0 Å². The smallest absolute Gasteiger partial charge is 0.249 e. The Labute approximate surface area is 397 Å². The van der Waals surface area contributed by atoms with Gasteiger partial charge in [0.2, 0.25) is 5.91 Å². The Kier molecular flexibility index (Phi) is 34.9. The van der Waals surface area contributed by atoms with Crippen molar-refractivity contribution in [3.8, 4) is 0 Å². The summed E-state index contributed by atoms with van der Waals surface area (Å²) in [5, 5.41) is 108. The van der Waals surface area contributed by atoms with Crippen molar-refractivity contribution < 1.29 is 74.8 Å². The molecule has 11 N–H and O–H groups in total. The molecule has 2 aliphatic heterocycles. The largest absolute Gasteiger partial charge is 0.394 e. The standard InChI is InChI=1S/C50H97NO15/c1-3-5-7-9-11-13-15-16-17-18-19-20-21-22-24-26-28-30-32-38(55)48(62)51-36(41(57)37(54)31-29-27-25-23-14-12-10-8-6-4-2)35-63-49-45(61)47(42(58)40(34-53)64-49)66-50-44(60)43(59)46(65-50)39(56)33-52/h36-47,49-50,52-61H,3-35H2,1-2H3,(H,51,62)/t36-,37+,38+,39+,40+,41-,42-,43+,44+,45+,46-,47-,49-,50-/m0/s1. The summed E-state index contributed by atoms with van der Waals surface area (Å²) >= 11 is 0. The molecule has 1 amide bonds. The lowest BCUT2D eigenvalue weighted by Gasteiger charge is -2.43. The highest BCUT2D eigenvalue weighted by Gasteiger charge is 2.52. The Balaban J connectivity index is 1.89. The molecule has 0 aliphatic carbocycles. The number of amides is 1. The highest BCUT2D eigenvalue weighted by atomic mass is 16.7. The first-order valence-electron chi connectivity index (χ1n) is 26.5. The number of nitrogens with one attached hydrogen (secondary N) is 1. The molecule has 16 heteroatoms. The maximum atomic E-state index is 13.3. The van der Waals surface area contributed by atoms with Gasteiger partial charge >= 0.3 is 0 Å². The van der Waals surface area contributed by atoms with Crippen molar-refractivity contribution in [3.63, 3.8) is 0 Å². The van der Waals surface area contributed by atoms with Gasteiger partial charge in [-0.1, -0.05) is 194 Å². The molecule has 66 heavy (non-hydrogen) atoms. The SMILES string of the molecule is CCCCCCCCCCCCCCCCCCCC[C@@H](O)C(=O)N[C@@H](CO[C@H]1O[C@H](CO)[C@H](O)[C@H](O[C@@H]2O[C@@H]([C@H](O)CO)[C@H](O)[C@H]2O)[C@H]1O)[C@H](O)[C@H](O)CCCCCCCCCCCC. The fourth-order valence-electron chi connectivity index (χ4n) is 9.07. The van der Waals surface area contributed by atoms with Crippen LogP contribution in [-0.2, 0) is 23.7 Å². The van der Waals surface area contributed by atoms with Crippen molar-refractivity contribution in [2.24, 2.45) is 0 Å². The number of rotatable bonds is 42. The third kappa shape index (κ3) is 24.2. The molecule has 0 bridgehead atoms. The van der Waals surface area contributed by atoms with E-state index in [1.165, 1.54) is 122 Å². The third-order valence-electron chi connectivity index (χ3n) is 13.5. The van der Waals surface area contributed by atoms with Crippen LogP contribution in [0, 0.1) is 0 Å². The zero-order valence-electron chi connectivity index (χ0n) is 40.9. The maximum Gasteiger partial charge on any atom is 0.249 e. The fraction of sp³-hybridized carbons (Fsp3) is 0.980. The predicted molar refractivity (Wildman–Crippen MR) is 252 cm³/mol. The van der Waals surface area contributed by atoms with Crippen LogP contribution in [0.15, 0.2) is 0 Å². The van der Waals surface area contributed by atoms with Crippen LogP contribution >= 0.6 is 0 Å². The summed E-state index contributed by atoms with van der Waals surface area (Å²) in [6.45, 7) is 2.36. The van der Waals surface area contributed by atoms with Gasteiger partial charge in [0.25, 0.3) is 0 Å². The summed E-state index contributed by atoms with van der Waals surface area (Å²) in [5.74, 6) is -0.763. The van der Waals surface area contributed by atoms with Crippen molar-refractivity contribution >= 4 is 5.91 Å². The number of aliphatic hydroxyl groups is 10. The Morgan fingerprint density at radius 3 is 1.42 bits per heavy atom. The Morgan fingerprint density at radius 2 is 0.985 bits per heavy atom. The van der Waals surface area contributed by atoms with E-state index in [1.807, 2.05) is 0 Å². The second-order valence-electron chi connectivity index (χ2n) is 19.3. The van der Waals surface area contributed by atoms with Crippen LogP contribution in [0.25, 0.3) is 0 Å². The van der Waals surface area contributed by atoms with Gasteiger partial charge in [-0.05, 0) is 12.8 Å². The maximum absolute atomic E-state index is 13.3. The lowest BCUT2D eigenvalue weighted by molar-refractivity contribution is -0.332. The van der Waals surface area contributed by atoms with E-state index in [4.69, 9.17) is 18.9 Å². The molecular formula is C50H97NO15. The monoisotopic (exact) mass is 952 g/mol. The second-order valence-corrected chi connectivity index (χ2v) is 19.3. The average Bonchev–Trinajstić information content (AvgIpc) is 3.60. The van der Waals surface area contributed by atoms with Gasteiger partial charge in [-0.3, -0.25) is 4.79 Å². The van der Waals surface area contributed by atoms with E-state index < -0.39 is 111 Å². The van der Waals surface area contributed by atoms with Gasteiger partial charge in [0, 0.05) is 0 Å². The van der Waals surface area contributed by atoms with E-state index in [-0.39, 0.29) is 12.8 Å². The summed E-state index contributed by atoms with van der Waals surface area (Å²) in [6, 6.07) is -1.28. The normalized spacial score (nSPS) is 26.9. The molecule has 392 valence electrons. The first-order chi connectivity index (χ1) is 31.9. The van der Waals surface area contributed by atoms with Crippen LogP contribution in [0.5, 0.6) is 0 Å². The summed E-state index contributed by atoms with van der Waals surface area (Å²) < 4.78 is 22.5. The molecule has 2 fully saturated rings. The molecule has 2 rings (SSSR count). The van der Waals surface area contributed by atoms with Crippen molar-refractivity contribution in [3.05, 3.63) is 0 Å². The molecule has 0 aromatic heterocycles. The van der Waals surface area contributed by atoms with Crippen LogP contribution in [0.2, 0.25) is 0 Å². The zero-order chi connectivity index (χ0) is 48.5. The molecule has 2 aliphatic rings. The van der Waals surface area contributed by atoms with Crippen LogP contribution < -0.4 is 5.32 Å². The number of unbranched alkanes of at least 4 members (excludes halogenated alkanes) is 26. The number of carbonyl (C=O) groups is 1. The van der Waals surface area contributed by atoms with E-state index in [0.717, 1.165) is 44.9 Å². The van der Waals surface area contributed by atoms with Gasteiger partial charge in [-0.2, -0.15) is 0 Å². The molecule has 0 spiro atoms. The molecule has 14 atom stereocenters. The van der Waals surface area contributed by atoms with Gasteiger partial charge in [-0.25, -0.2) is 0 Å². The fourth-order valence-corrected chi connectivity index (χ4v) is 9.07. The lowest BCUT2D eigenvalue weighted by atomic mass is 9.98. The van der Waals surface area contributed by atoms with Gasteiger partial charge in [-0.15, -0.1) is 0 Å². The van der Waals surface area contributed by atoms with E-state index in [2.05, 4.69) is 19.2 Å². The van der Waals surface area contributed by atoms with Crippen LogP contribution in [0.3, 0.4) is 0 Å². The molecule has 2 heterocycles. The zero-order valence-corrected chi connectivity index (χ0v) is 40.9. The van der Waals surface area contributed by atoms with Gasteiger partial charge in [0.15, 0.2) is 12.6 Å². The third-order valence-corrected chi connectivity index (χ3v) is 13.5. The molecule has 2 saturated heterocycles. The minimum absolute atomic E-state index is 0.203. The Morgan fingerprint density at radius 1 is 0.545 bits per heavy atom. The van der Waals surface area contributed by atoms with Crippen LogP contribution in [-0.4, -0.2) is 163 Å². The van der Waals surface area contributed by atoms with Crippen molar-refractivity contribution in [1.82, 2.24) is 5.32 Å². The second kappa shape index (κ2) is 37.7. The van der Waals surface area contributed by atoms with E-state index in [9.17, 15) is 55.9 Å². The van der Waals surface area contributed by atoms with Crippen LogP contribution in [0.1, 0.15) is 206 Å². The number of ether oxygens (including phenoxy) is 4. The molecule has 0 aromatic rings. The molecule has 0 unspecified atom stereocenters. The lowest BCUT2D eigenvalue weighted by Crippen LogP contribution is -2.62. The van der Waals surface area contributed by atoms with Crippen LogP contribution in [0.4, 0.5) is 0 Å². The topological polar surface area (TPSA) is 268 Å². The van der Waals surface area contributed by atoms with E-state index >= 15 is 0 Å². The van der Waals surface area contributed by atoms with E-state index in [0.29, 0.717) is 12.8 Å². The molecule has 0 aromatic carbocycles. The minimum Gasteiger partial charge on any atom is -0.394 e. The minimum atomic E-state index is -1.82. The number of aliphatic hydroxyl groups excluding tert-OH is 10. The first kappa shape index (κ1) is 61.0. The highest BCUT2D eigenvalue weighted by Crippen LogP contribution is 2.31. The summed E-state index contributed by atoms with van der Waals surface area (Å²) in [5.41, 5.74) is 0. The Hall–Kier alpha value is -1.09. The summed E-state index contributed by atoms with van der Waals surface area (Å²) in [6.07, 6.45) is 12.8. The average molecular weight is 952 g/mol. The highest BCUT2D eigenvalue weighted by molar-refractivity contribution is 5.80. The predicted octanol–water partition coefficient (Wildman–Crippen LogP) is 4.94. The first-order valence-corrected chi connectivity index (χ1v) is 26.5. The van der Waals surface area contributed by atoms with Crippen molar-refractivity contribution in [1.29, 1.82) is 0 Å². The van der Waals surface area contributed by atoms with Crippen molar-refractivity contribution in [2.75, 3.05) is 19.8 Å². The van der Waals surface area contributed by atoms with Gasteiger partial charge in [0.1, 0.15) is 61.0 Å². The quantitative estimate of drug-likeness (QED) is 0.0362. The summed E-state index contributed by atoms with van der Waals surface area (Å²) in [4.78, 5) is 13.3. The molecule has 0 radical (unpaired) electrons. The molecule has 0 saturated carbocycles. The molecule has 16 nitrogen and oxygen atoms in total. The molecular weight excluding hydrogens is 855 g/mol. The summed E-state index contributed by atoms with van der Waals surface area (Å²) in [7, 11) is 0. The van der Waals surface area contributed by atoms with Crippen molar-refractivity contribution in [2.45, 2.75) is 292 Å².